The Hall–Kier alpha value is -2.79. The number of aryl methyl sites for hydroxylation is 1. The number of para-hydroxylation sites is 1. The molecule has 0 spiro atoms. The molecule has 0 saturated carbocycles. The number of amides is 1. The standard InChI is InChI=1S/C22H25N3O2/c1-15-6-5-12-25-18(15)9-10-19(25)22(2,3)24-21(26)17-8-4-7-16-14-23-11-13-27-20(16)17/h4-10,12,23H,11,13-14H2,1-3H3,(H,24,26). The van der Waals surface area contributed by atoms with Crippen molar-refractivity contribution in [1.29, 1.82) is 0 Å². The molecule has 4 rings (SSSR count). The molecule has 0 radical (unpaired) electrons. The maximum atomic E-state index is 13.1. The Balaban J connectivity index is 1.67. The smallest absolute Gasteiger partial charge is 0.255 e. The molecule has 1 aromatic carbocycles. The van der Waals surface area contributed by atoms with E-state index >= 15 is 0 Å². The van der Waals surface area contributed by atoms with Gasteiger partial charge in [-0.2, -0.15) is 0 Å². The lowest BCUT2D eigenvalue weighted by Gasteiger charge is -2.27. The highest BCUT2D eigenvalue weighted by Gasteiger charge is 2.28. The molecule has 2 aromatic heterocycles. The molecule has 5 heteroatoms. The summed E-state index contributed by atoms with van der Waals surface area (Å²) in [5, 5.41) is 6.50. The minimum absolute atomic E-state index is 0.124. The molecule has 1 amide bonds. The first kappa shape index (κ1) is 17.6. The van der Waals surface area contributed by atoms with E-state index in [0.29, 0.717) is 24.5 Å². The van der Waals surface area contributed by atoms with Crippen molar-refractivity contribution >= 4 is 11.4 Å². The molecular weight excluding hydrogens is 338 g/mol. The van der Waals surface area contributed by atoms with Gasteiger partial charge < -0.3 is 19.8 Å². The van der Waals surface area contributed by atoms with Crippen molar-refractivity contribution in [3.05, 3.63) is 71.0 Å². The van der Waals surface area contributed by atoms with Crippen molar-refractivity contribution in [3.63, 3.8) is 0 Å². The first-order valence-corrected chi connectivity index (χ1v) is 9.32. The molecule has 3 heterocycles. The fraction of sp³-hybridized carbons (Fsp3) is 0.318. The molecular formula is C22H25N3O2. The van der Waals surface area contributed by atoms with E-state index in [1.54, 1.807) is 0 Å². The van der Waals surface area contributed by atoms with Crippen LogP contribution in [0.2, 0.25) is 0 Å². The number of fused-ring (bicyclic) bond motifs is 2. The number of pyridine rings is 1. The van der Waals surface area contributed by atoms with Crippen molar-refractivity contribution in [2.24, 2.45) is 0 Å². The second-order valence-electron chi connectivity index (χ2n) is 7.56. The number of hydrogen-bond acceptors (Lipinski definition) is 3. The van der Waals surface area contributed by atoms with Crippen LogP contribution >= 0.6 is 0 Å². The van der Waals surface area contributed by atoms with Gasteiger partial charge in [0, 0.05) is 36.1 Å². The average Bonchev–Trinajstić information content (AvgIpc) is 2.94. The predicted molar refractivity (Wildman–Crippen MR) is 106 cm³/mol. The van der Waals surface area contributed by atoms with Crippen LogP contribution in [0.5, 0.6) is 5.75 Å². The second-order valence-corrected chi connectivity index (χ2v) is 7.56. The highest BCUT2D eigenvalue weighted by atomic mass is 16.5. The first-order chi connectivity index (χ1) is 13.0. The van der Waals surface area contributed by atoms with Crippen LogP contribution in [-0.2, 0) is 12.1 Å². The Labute approximate surface area is 159 Å². The van der Waals surface area contributed by atoms with Gasteiger partial charge in [0.2, 0.25) is 0 Å². The molecule has 2 N–H and O–H groups in total. The predicted octanol–water partition coefficient (Wildman–Crippen LogP) is 3.39. The van der Waals surface area contributed by atoms with E-state index in [1.807, 2.05) is 44.3 Å². The van der Waals surface area contributed by atoms with E-state index in [9.17, 15) is 4.79 Å². The number of carbonyl (C=O) groups is 1. The highest BCUT2D eigenvalue weighted by Crippen LogP contribution is 2.28. The van der Waals surface area contributed by atoms with E-state index in [-0.39, 0.29) is 5.91 Å². The minimum Gasteiger partial charge on any atom is -0.491 e. The molecule has 0 saturated heterocycles. The van der Waals surface area contributed by atoms with Crippen LogP contribution in [0.25, 0.3) is 5.52 Å². The summed E-state index contributed by atoms with van der Waals surface area (Å²) in [6.07, 6.45) is 2.04. The van der Waals surface area contributed by atoms with Gasteiger partial charge in [-0.05, 0) is 50.6 Å². The fourth-order valence-corrected chi connectivity index (χ4v) is 3.74. The van der Waals surface area contributed by atoms with Gasteiger partial charge in [-0.3, -0.25) is 4.79 Å². The molecule has 1 aliphatic rings. The number of ether oxygens (including phenoxy) is 1. The zero-order chi connectivity index (χ0) is 19.0. The van der Waals surface area contributed by atoms with Gasteiger partial charge in [0.15, 0.2) is 0 Å². The van der Waals surface area contributed by atoms with E-state index in [4.69, 9.17) is 4.74 Å². The summed E-state index contributed by atoms with van der Waals surface area (Å²) in [6, 6.07) is 14.0. The zero-order valence-electron chi connectivity index (χ0n) is 16.0. The van der Waals surface area contributed by atoms with E-state index in [1.165, 1.54) is 5.56 Å². The third-order valence-electron chi connectivity index (χ3n) is 5.15. The van der Waals surface area contributed by atoms with Crippen molar-refractivity contribution in [2.75, 3.05) is 13.2 Å². The number of rotatable bonds is 3. The van der Waals surface area contributed by atoms with Crippen molar-refractivity contribution in [3.8, 4) is 5.75 Å². The van der Waals surface area contributed by atoms with Crippen LogP contribution < -0.4 is 15.4 Å². The second kappa shape index (κ2) is 6.74. The molecule has 140 valence electrons. The normalized spacial score (nSPS) is 14.3. The van der Waals surface area contributed by atoms with Crippen LogP contribution in [0.3, 0.4) is 0 Å². The summed E-state index contributed by atoms with van der Waals surface area (Å²) in [7, 11) is 0. The molecule has 0 atom stereocenters. The summed E-state index contributed by atoms with van der Waals surface area (Å²) in [6.45, 7) is 8.19. The zero-order valence-corrected chi connectivity index (χ0v) is 16.0. The fourth-order valence-electron chi connectivity index (χ4n) is 3.74. The maximum Gasteiger partial charge on any atom is 0.255 e. The van der Waals surface area contributed by atoms with Crippen LogP contribution in [0, 0.1) is 6.92 Å². The van der Waals surface area contributed by atoms with Gasteiger partial charge in [0.25, 0.3) is 5.91 Å². The highest BCUT2D eigenvalue weighted by molar-refractivity contribution is 5.98. The van der Waals surface area contributed by atoms with Gasteiger partial charge in [0.1, 0.15) is 12.4 Å². The Kier molecular flexibility index (Phi) is 4.40. The Morgan fingerprint density at radius 1 is 1.19 bits per heavy atom. The van der Waals surface area contributed by atoms with Crippen LogP contribution in [-0.4, -0.2) is 23.5 Å². The van der Waals surface area contributed by atoms with Crippen LogP contribution in [0.4, 0.5) is 0 Å². The number of nitrogens with one attached hydrogen (secondary N) is 2. The van der Waals surface area contributed by atoms with E-state index in [0.717, 1.165) is 23.3 Å². The molecule has 0 aliphatic carbocycles. The molecule has 5 nitrogen and oxygen atoms in total. The lowest BCUT2D eigenvalue weighted by Crippen LogP contribution is -2.42. The number of benzene rings is 1. The largest absolute Gasteiger partial charge is 0.491 e. The minimum atomic E-state index is -0.539. The number of nitrogens with zero attached hydrogens (tertiary/aromatic N) is 1. The van der Waals surface area contributed by atoms with Gasteiger partial charge in [-0.1, -0.05) is 18.2 Å². The summed E-state index contributed by atoms with van der Waals surface area (Å²) in [5.74, 6) is 0.563. The molecule has 1 aliphatic heterocycles. The molecule has 27 heavy (non-hydrogen) atoms. The van der Waals surface area contributed by atoms with Crippen LogP contribution in [0.15, 0.2) is 48.7 Å². The van der Waals surface area contributed by atoms with E-state index in [2.05, 4.69) is 40.2 Å². The average molecular weight is 363 g/mol. The van der Waals surface area contributed by atoms with Gasteiger partial charge in [-0.25, -0.2) is 0 Å². The summed E-state index contributed by atoms with van der Waals surface area (Å²) in [5.41, 5.74) is 4.46. The Morgan fingerprint density at radius 3 is 2.89 bits per heavy atom. The third kappa shape index (κ3) is 3.19. The topological polar surface area (TPSA) is 54.8 Å². The van der Waals surface area contributed by atoms with Crippen LogP contribution in [0.1, 0.15) is 41.0 Å². The number of aromatic nitrogens is 1. The lowest BCUT2D eigenvalue weighted by atomic mass is 9.99. The lowest BCUT2D eigenvalue weighted by molar-refractivity contribution is 0.0906. The molecule has 0 unspecified atom stereocenters. The van der Waals surface area contributed by atoms with Crippen molar-refractivity contribution in [1.82, 2.24) is 15.0 Å². The quantitative estimate of drug-likeness (QED) is 0.750. The SMILES string of the molecule is Cc1cccn2c(C(C)(C)NC(=O)c3cccc4c3OCCNC4)ccc12. The number of carbonyl (C=O) groups excluding carboxylic acids is 1. The molecule has 0 bridgehead atoms. The molecule has 3 aromatic rings. The van der Waals surface area contributed by atoms with E-state index < -0.39 is 5.54 Å². The third-order valence-corrected chi connectivity index (χ3v) is 5.15. The summed E-state index contributed by atoms with van der Waals surface area (Å²) >= 11 is 0. The number of hydrogen-bond donors (Lipinski definition) is 2. The van der Waals surface area contributed by atoms with Crippen molar-refractivity contribution < 1.29 is 9.53 Å². The maximum absolute atomic E-state index is 13.1. The Morgan fingerprint density at radius 2 is 2.04 bits per heavy atom. The molecule has 0 fully saturated rings. The summed E-state index contributed by atoms with van der Waals surface area (Å²) in [4.78, 5) is 13.1. The Bertz CT molecular complexity index is 1000. The van der Waals surface area contributed by atoms with Crippen molar-refractivity contribution in [2.45, 2.75) is 32.9 Å². The van der Waals surface area contributed by atoms with Gasteiger partial charge >= 0.3 is 0 Å². The first-order valence-electron chi connectivity index (χ1n) is 9.32. The summed E-state index contributed by atoms with van der Waals surface area (Å²) < 4.78 is 8.00. The monoisotopic (exact) mass is 363 g/mol. The van der Waals surface area contributed by atoms with Gasteiger partial charge in [-0.15, -0.1) is 0 Å². The van der Waals surface area contributed by atoms with Gasteiger partial charge in [0.05, 0.1) is 11.1 Å².